The average molecular weight is 413 g/mol. The summed E-state index contributed by atoms with van der Waals surface area (Å²) in [4.78, 5) is 26.9. The van der Waals surface area contributed by atoms with Gasteiger partial charge in [0, 0.05) is 41.6 Å². The van der Waals surface area contributed by atoms with Gasteiger partial charge in [-0.15, -0.1) is 0 Å². The summed E-state index contributed by atoms with van der Waals surface area (Å²) in [5, 5.41) is 10.9. The second-order valence-corrected chi connectivity index (χ2v) is 8.89. The summed E-state index contributed by atoms with van der Waals surface area (Å²) in [7, 11) is 0. The molecule has 5 rings (SSSR count). The maximum atomic E-state index is 12.8. The van der Waals surface area contributed by atoms with Gasteiger partial charge in [0.05, 0.1) is 13.2 Å². The maximum absolute atomic E-state index is 12.8. The number of hydrogen-bond donors (Lipinski definition) is 1. The maximum Gasteiger partial charge on any atom is 0.339 e. The van der Waals surface area contributed by atoms with Crippen LogP contribution in [0.5, 0.6) is 5.75 Å². The molecule has 2 aromatic rings. The predicted octanol–water partition coefficient (Wildman–Crippen LogP) is 1.83. The van der Waals surface area contributed by atoms with Gasteiger partial charge in [0.15, 0.2) is 6.61 Å². The van der Waals surface area contributed by atoms with E-state index in [4.69, 9.17) is 13.9 Å². The molecule has 1 N–H and O–H groups in total. The molecule has 2 atom stereocenters. The van der Waals surface area contributed by atoms with Gasteiger partial charge in [0.1, 0.15) is 11.3 Å². The van der Waals surface area contributed by atoms with Crippen LogP contribution in [-0.2, 0) is 22.4 Å². The third-order valence-electron chi connectivity index (χ3n) is 7.17. The van der Waals surface area contributed by atoms with Crippen molar-refractivity contribution in [2.24, 2.45) is 11.3 Å². The van der Waals surface area contributed by atoms with E-state index in [0.29, 0.717) is 37.6 Å². The van der Waals surface area contributed by atoms with Crippen LogP contribution in [0.25, 0.3) is 11.0 Å². The van der Waals surface area contributed by atoms with Crippen LogP contribution in [-0.4, -0.2) is 55.4 Å². The van der Waals surface area contributed by atoms with Gasteiger partial charge in [0.2, 0.25) is 0 Å². The molecule has 160 valence electrons. The highest BCUT2D eigenvalue weighted by Gasteiger charge is 2.49. The summed E-state index contributed by atoms with van der Waals surface area (Å²) in [5.74, 6) is 0.708. The van der Waals surface area contributed by atoms with Crippen molar-refractivity contribution < 1.29 is 23.8 Å². The Balaban J connectivity index is 1.33. The number of amides is 1. The number of rotatable bonds is 4. The second kappa shape index (κ2) is 7.39. The molecule has 2 saturated heterocycles. The average Bonchev–Trinajstić information content (AvgIpc) is 3.39. The first kappa shape index (κ1) is 19.6. The Morgan fingerprint density at radius 3 is 2.97 bits per heavy atom. The van der Waals surface area contributed by atoms with Crippen LogP contribution in [0.4, 0.5) is 0 Å². The van der Waals surface area contributed by atoms with Crippen molar-refractivity contribution in [2.75, 3.05) is 39.5 Å². The standard InChI is InChI=1S/C23H27NO6/c1-14-19(6-5-17-16-3-2-4-18(16)22(27)30-21(14)17)29-10-20(26)24-9-15-7-8-28-13-23(15,11-24)12-25/h5-6,15,25H,2-4,7-13H2,1H3/t15-,23+/m0/s1. The second-order valence-electron chi connectivity index (χ2n) is 8.89. The zero-order valence-electron chi connectivity index (χ0n) is 17.2. The van der Waals surface area contributed by atoms with Gasteiger partial charge in [-0.05, 0) is 56.2 Å². The number of benzene rings is 1. The molecular weight excluding hydrogens is 386 g/mol. The molecular formula is C23H27NO6. The fraction of sp³-hybridized carbons (Fsp3) is 0.565. The predicted molar refractivity (Wildman–Crippen MR) is 110 cm³/mol. The topological polar surface area (TPSA) is 89.2 Å². The fourth-order valence-electron chi connectivity index (χ4n) is 5.36. The Hall–Kier alpha value is -2.38. The molecule has 1 aliphatic carbocycles. The molecule has 0 radical (unpaired) electrons. The fourth-order valence-corrected chi connectivity index (χ4v) is 5.36. The lowest BCUT2D eigenvalue weighted by atomic mass is 9.76. The Bertz CT molecular complexity index is 1060. The van der Waals surface area contributed by atoms with Crippen LogP contribution in [0.2, 0.25) is 0 Å². The third-order valence-corrected chi connectivity index (χ3v) is 7.17. The first-order chi connectivity index (χ1) is 14.5. The monoisotopic (exact) mass is 413 g/mol. The Morgan fingerprint density at radius 1 is 1.33 bits per heavy atom. The number of fused-ring (bicyclic) bond motifs is 4. The molecule has 2 fully saturated rings. The van der Waals surface area contributed by atoms with Gasteiger partial charge in [-0.25, -0.2) is 4.79 Å². The number of aryl methyl sites for hydroxylation is 2. The van der Waals surface area contributed by atoms with Crippen molar-refractivity contribution in [3.8, 4) is 5.75 Å². The number of likely N-dealkylation sites (tertiary alicyclic amines) is 1. The Morgan fingerprint density at radius 2 is 2.17 bits per heavy atom. The number of ether oxygens (including phenoxy) is 2. The van der Waals surface area contributed by atoms with Gasteiger partial charge >= 0.3 is 5.63 Å². The van der Waals surface area contributed by atoms with Gasteiger partial charge in [-0.1, -0.05) is 0 Å². The number of carbonyl (C=O) groups is 1. The Kier molecular flexibility index (Phi) is 4.82. The molecule has 1 aromatic carbocycles. The van der Waals surface area contributed by atoms with Crippen LogP contribution < -0.4 is 10.4 Å². The van der Waals surface area contributed by atoms with Crippen LogP contribution >= 0.6 is 0 Å². The van der Waals surface area contributed by atoms with Crippen molar-refractivity contribution >= 4 is 16.9 Å². The van der Waals surface area contributed by atoms with E-state index < -0.39 is 0 Å². The van der Waals surface area contributed by atoms with Gasteiger partial charge in [-0.2, -0.15) is 0 Å². The molecule has 3 aliphatic rings. The number of aliphatic hydroxyl groups is 1. The van der Waals surface area contributed by atoms with Gasteiger partial charge in [0.25, 0.3) is 5.91 Å². The van der Waals surface area contributed by atoms with E-state index in [-0.39, 0.29) is 36.1 Å². The lowest BCUT2D eigenvalue weighted by Gasteiger charge is -2.36. The first-order valence-electron chi connectivity index (χ1n) is 10.7. The van der Waals surface area contributed by atoms with Crippen LogP contribution in [0.1, 0.15) is 29.5 Å². The molecule has 0 bridgehead atoms. The van der Waals surface area contributed by atoms with Crippen molar-refractivity contribution in [3.05, 3.63) is 39.2 Å². The van der Waals surface area contributed by atoms with Crippen molar-refractivity contribution in [3.63, 3.8) is 0 Å². The van der Waals surface area contributed by atoms with E-state index in [9.17, 15) is 14.7 Å². The summed E-state index contributed by atoms with van der Waals surface area (Å²) in [6.45, 7) is 4.08. The summed E-state index contributed by atoms with van der Waals surface area (Å²) >= 11 is 0. The quantitative estimate of drug-likeness (QED) is 0.770. The SMILES string of the molecule is Cc1c(OCC(=O)N2C[C@@H]3CCOC[C@]3(CO)C2)ccc2c3c(c(=O)oc12)CCC3. The minimum atomic E-state index is -0.351. The molecule has 7 nitrogen and oxygen atoms in total. The summed E-state index contributed by atoms with van der Waals surface area (Å²) < 4.78 is 17.0. The first-order valence-corrected chi connectivity index (χ1v) is 10.7. The largest absolute Gasteiger partial charge is 0.483 e. The highest BCUT2D eigenvalue weighted by Crippen LogP contribution is 2.41. The van der Waals surface area contributed by atoms with Gasteiger partial charge < -0.3 is 23.9 Å². The molecule has 30 heavy (non-hydrogen) atoms. The highest BCUT2D eigenvalue weighted by atomic mass is 16.5. The van der Waals surface area contributed by atoms with E-state index in [1.54, 1.807) is 4.90 Å². The van der Waals surface area contributed by atoms with Crippen LogP contribution in [0.3, 0.4) is 0 Å². The normalized spacial score (nSPS) is 25.4. The van der Waals surface area contributed by atoms with Gasteiger partial charge in [-0.3, -0.25) is 4.79 Å². The molecule has 2 aliphatic heterocycles. The zero-order chi connectivity index (χ0) is 20.9. The molecule has 1 amide bonds. The number of hydrogen-bond acceptors (Lipinski definition) is 6. The zero-order valence-corrected chi connectivity index (χ0v) is 17.2. The van der Waals surface area contributed by atoms with Crippen molar-refractivity contribution in [1.82, 2.24) is 4.90 Å². The minimum Gasteiger partial charge on any atom is -0.483 e. The molecule has 1 aromatic heterocycles. The highest BCUT2D eigenvalue weighted by molar-refractivity contribution is 5.86. The lowest BCUT2D eigenvalue weighted by Crippen LogP contribution is -2.43. The lowest BCUT2D eigenvalue weighted by molar-refractivity contribution is -0.133. The van der Waals surface area contributed by atoms with E-state index in [1.807, 2.05) is 19.1 Å². The Labute approximate surface area is 174 Å². The molecule has 0 saturated carbocycles. The minimum absolute atomic E-state index is 0.0233. The van der Waals surface area contributed by atoms with E-state index in [0.717, 1.165) is 47.8 Å². The summed E-state index contributed by atoms with van der Waals surface area (Å²) in [6.07, 6.45) is 3.50. The molecule has 0 spiro atoms. The number of carbonyl (C=O) groups excluding carboxylic acids is 1. The van der Waals surface area contributed by atoms with E-state index in [2.05, 4.69) is 0 Å². The molecule has 3 heterocycles. The molecule has 0 unspecified atom stereocenters. The smallest absolute Gasteiger partial charge is 0.339 e. The summed E-state index contributed by atoms with van der Waals surface area (Å²) in [5.41, 5.74) is 2.56. The van der Waals surface area contributed by atoms with Crippen molar-refractivity contribution in [1.29, 1.82) is 0 Å². The number of aliphatic hydroxyl groups excluding tert-OH is 1. The van der Waals surface area contributed by atoms with Crippen LogP contribution in [0.15, 0.2) is 21.3 Å². The van der Waals surface area contributed by atoms with E-state index >= 15 is 0 Å². The third kappa shape index (κ3) is 3.03. The number of nitrogens with zero attached hydrogens (tertiary/aromatic N) is 1. The van der Waals surface area contributed by atoms with Crippen molar-refractivity contribution in [2.45, 2.75) is 32.6 Å². The molecule has 7 heteroatoms. The van der Waals surface area contributed by atoms with Crippen LogP contribution in [0, 0.1) is 18.3 Å². The summed E-state index contributed by atoms with van der Waals surface area (Å²) in [6, 6.07) is 3.79. The van der Waals surface area contributed by atoms with E-state index in [1.165, 1.54) is 0 Å².